The number of carbonyl (C=O) groups is 2. The number of esters is 1. The molecule has 8 nitrogen and oxygen atoms in total. The number of benzene rings is 1. The van der Waals surface area contributed by atoms with Gasteiger partial charge in [-0.2, -0.15) is 0 Å². The van der Waals surface area contributed by atoms with E-state index in [2.05, 4.69) is 5.32 Å². The summed E-state index contributed by atoms with van der Waals surface area (Å²) in [6, 6.07) is 4.71. The number of non-ortho nitro benzene ring substituents is 1. The molecule has 0 bridgehead atoms. The minimum absolute atomic E-state index is 0.109. The minimum Gasteiger partial charge on any atom is -0.457 e. The van der Waals surface area contributed by atoms with Crippen molar-refractivity contribution in [2.24, 2.45) is 0 Å². The topological polar surface area (TPSA) is 108 Å². The van der Waals surface area contributed by atoms with Crippen molar-refractivity contribution in [1.82, 2.24) is 5.32 Å². The quantitative estimate of drug-likeness (QED) is 0.477. The van der Waals surface area contributed by atoms with Gasteiger partial charge in [-0.1, -0.05) is 6.92 Å². The van der Waals surface area contributed by atoms with Gasteiger partial charge in [-0.25, -0.2) is 9.59 Å². The second kappa shape index (κ2) is 8.46. The molecule has 25 heavy (non-hydrogen) atoms. The molecule has 0 aliphatic heterocycles. The Morgan fingerprint density at radius 3 is 2.24 bits per heavy atom. The van der Waals surface area contributed by atoms with Gasteiger partial charge in [0.2, 0.25) is 0 Å². The third kappa shape index (κ3) is 6.78. The highest BCUT2D eigenvalue weighted by Crippen LogP contribution is 2.15. The third-order valence-corrected chi connectivity index (χ3v) is 3.32. The largest absolute Gasteiger partial charge is 0.457 e. The van der Waals surface area contributed by atoms with E-state index >= 15 is 0 Å². The Bertz CT molecular complexity index is 621. The van der Waals surface area contributed by atoms with Crippen molar-refractivity contribution in [3.63, 3.8) is 0 Å². The van der Waals surface area contributed by atoms with Crippen LogP contribution < -0.4 is 5.32 Å². The number of amides is 1. The van der Waals surface area contributed by atoms with Crippen molar-refractivity contribution in [3.05, 3.63) is 39.9 Å². The molecular weight excluding hydrogens is 328 g/mol. The van der Waals surface area contributed by atoms with Crippen molar-refractivity contribution < 1.29 is 24.0 Å². The molecule has 1 aromatic rings. The van der Waals surface area contributed by atoms with Crippen molar-refractivity contribution >= 4 is 17.7 Å². The molecule has 2 atom stereocenters. The lowest BCUT2D eigenvalue weighted by atomic mass is 10.1. The smallest absolute Gasteiger partial charge is 0.408 e. The van der Waals surface area contributed by atoms with E-state index in [-0.39, 0.29) is 11.3 Å². The standard InChI is InChI=1S/C17H24N2O6/c1-6-14(18-16(21)25-17(3,4)5)11(2)24-15(20)12-7-9-13(10-8-12)19(22)23/h7-11,14H,6H2,1-5H3,(H,18,21)/t11?,14-/m0/s1. The summed E-state index contributed by atoms with van der Waals surface area (Å²) in [5, 5.41) is 13.3. The van der Waals surface area contributed by atoms with Crippen LogP contribution in [0.5, 0.6) is 0 Å². The fourth-order valence-electron chi connectivity index (χ4n) is 2.05. The molecule has 0 aliphatic carbocycles. The van der Waals surface area contributed by atoms with Crippen LogP contribution in [0.2, 0.25) is 0 Å². The molecule has 0 aromatic heterocycles. The monoisotopic (exact) mass is 352 g/mol. The van der Waals surface area contributed by atoms with Crippen molar-refractivity contribution in [2.75, 3.05) is 0 Å². The summed E-state index contributed by atoms with van der Waals surface area (Å²) < 4.78 is 10.5. The van der Waals surface area contributed by atoms with Crippen LogP contribution in [0.3, 0.4) is 0 Å². The van der Waals surface area contributed by atoms with Crippen LogP contribution in [0.15, 0.2) is 24.3 Å². The van der Waals surface area contributed by atoms with Crippen LogP contribution in [0.4, 0.5) is 10.5 Å². The molecule has 0 saturated heterocycles. The SMILES string of the molecule is CC[C@H](NC(=O)OC(C)(C)C)C(C)OC(=O)c1ccc([N+](=O)[O-])cc1. The second-order valence-corrected chi connectivity index (χ2v) is 6.58. The van der Waals surface area contributed by atoms with Crippen LogP contribution in [0.25, 0.3) is 0 Å². The first-order valence-electron chi connectivity index (χ1n) is 7.98. The zero-order chi connectivity index (χ0) is 19.2. The number of nitro groups is 1. The van der Waals surface area contributed by atoms with Gasteiger partial charge in [-0.15, -0.1) is 0 Å². The average molecular weight is 352 g/mol. The normalized spacial score (nSPS) is 13.5. The van der Waals surface area contributed by atoms with Gasteiger partial charge in [0.25, 0.3) is 5.69 Å². The molecule has 1 aromatic carbocycles. The highest BCUT2D eigenvalue weighted by atomic mass is 16.6. The van der Waals surface area contributed by atoms with Crippen LogP contribution >= 0.6 is 0 Å². The molecule has 0 fully saturated rings. The number of nitrogens with zero attached hydrogens (tertiary/aromatic N) is 1. The van der Waals surface area contributed by atoms with Gasteiger partial charge in [-0.3, -0.25) is 10.1 Å². The fraction of sp³-hybridized carbons (Fsp3) is 0.529. The summed E-state index contributed by atoms with van der Waals surface area (Å²) in [7, 11) is 0. The predicted molar refractivity (Wildman–Crippen MR) is 91.4 cm³/mol. The summed E-state index contributed by atoms with van der Waals surface area (Å²) >= 11 is 0. The number of hydrogen-bond donors (Lipinski definition) is 1. The molecule has 0 saturated carbocycles. The number of nitrogens with one attached hydrogen (secondary N) is 1. The molecule has 0 heterocycles. The molecule has 138 valence electrons. The summed E-state index contributed by atoms with van der Waals surface area (Å²) in [4.78, 5) is 34.1. The maximum Gasteiger partial charge on any atom is 0.408 e. The lowest BCUT2D eigenvalue weighted by molar-refractivity contribution is -0.384. The second-order valence-electron chi connectivity index (χ2n) is 6.58. The van der Waals surface area contributed by atoms with Gasteiger partial charge < -0.3 is 14.8 Å². The summed E-state index contributed by atoms with van der Waals surface area (Å²) in [6.07, 6.45) is -0.647. The number of ether oxygens (including phenoxy) is 2. The Balaban J connectivity index is 2.67. The Hall–Kier alpha value is -2.64. The van der Waals surface area contributed by atoms with E-state index in [1.54, 1.807) is 27.7 Å². The molecule has 0 radical (unpaired) electrons. The van der Waals surface area contributed by atoms with E-state index in [0.717, 1.165) is 0 Å². The Labute approximate surface area is 146 Å². The van der Waals surface area contributed by atoms with Gasteiger partial charge in [0.15, 0.2) is 0 Å². The van der Waals surface area contributed by atoms with E-state index in [1.165, 1.54) is 24.3 Å². The first-order valence-corrected chi connectivity index (χ1v) is 7.98. The van der Waals surface area contributed by atoms with Crippen molar-refractivity contribution in [3.8, 4) is 0 Å². The van der Waals surface area contributed by atoms with Crippen LogP contribution in [-0.4, -0.2) is 34.7 Å². The number of nitro benzene ring substituents is 1. The Morgan fingerprint density at radius 2 is 1.80 bits per heavy atom. The number of hydrogen-bond acceptors (Lipinski definition) is 6. The van der Waals surface area contributed by atoms with E-state index in [1.807, 2.05) is 6.92 Å². The molecule has 1 unspecified atom stereocenters. The highest BCUT2D eigenvalue weighted by molar-refractivity contribution is 5.89. The summed E-state index contributed by atoms with van der Waals surface area (Å²) in [5.74, 6) is -0.619. The minimum atomic E-state index is -0.624. The van der Waals surface area contributed by atoms with E-state index < -0.39 is 34.7 Å². The molecular formula is C17H24N2O6. The van der Waals surface area contributed by atoms with Gasteiger partial charge in [0, 0.05) is 12.1 Å². The van der Waals surface area contributed by atoms with Gasteiger partial charge in [-0.05, 0) is 46.2 Å². The summed E-state index contributed by atoms with van der Waals surface area (Å²) in [5.41, 5.74) is -0.534. The highest BCUT2D eigenvalue weighted by Gasteiger charge is 2.25. The number of carbonyl (C=O) groups excluding carboxylic acids is 2. The Morgan fingerprint density at radius 1 is 1.24 bits per heavy atom. The lowest BCUT2D eigenvalue weighted by Crippen LogP contribution is -2.45. The first-order chi connectivity index (χ1) is 11.5. The van der Waals surface area contributed by atoms with Crippen molar-refractivity contribution in [2.45, 2.75) is 58.8 Å². The number of alkyl carbamates (subject to hydrolysis) is 1. The lowest BCUT2D eigenvalue weighted by Gasteiger charge is -2.26. The third-order valence-electron chi connectivity index (χ3n) is 3.32. The average Bonchev–Trinajstić information content (AvgIpc) is 2.50. The van der Waals surface area contributed by atoms with Crippen LogP contribution in [0.1, 0.15) is 51.4 Å². The fourth-order valence-corrected chi connectivity index (χ4v) is 2.05. The van der Waals surface area contributed by atoms with E-state index in [0.29, 0.717) is 6.42 Å². The van der Waals surface area contributed by atoms with Crippen LogP contribution in [0, 0.1) is 10.1 Å². The summed E-state index contributed by atoms with van der Waals surface area (Å²) in [6.45, 7) is 8.77. The Kier molecular flexibility index (Phi) is 6.90. The first kappa shape index (κ1) is 20.4. The zero-order valence-corrected chi connectivity index (χ0v) is 15.1. The molecule has 1 N–H and O–H groups in total. The molecule has 0 spiro atoms. The van der Waals surface area contributed by atoms with Crippen LogP contribution in [-0.2, 0) is 9.47 Å². The van der Waals surface area contributed by atoms with E-state index in [4.69, 9.17) is 9.47 Å². The maximum absolute atomic E-state index is 12.1. The van der Waals surface area contributed by atoms with Gasteiger partial charge in [0.05, 0.1) is 16.5 Å². The molecule has 1 rings (SSSR count). The predicted octanol–water partition coefficient (Wildman–Crippen LogP) is 3.44. The van der Waals surface area contributed by atoms with Gasteiger partial charge in [0.1, 0.15) is 11.7 Å². The maximum atomic E-state index is 12.1. The zero-order valence-electron chi connectivity index (χ0n) is 15.1. The molecule has 0 aliphatic rings. The number of rotatable bonds is 6. The van der Waals surface area contributed by atoms with E-state index in [9.17, 15) is 19.7 Å². The molecule has 1 amide bonds. The molecule has 8 heteroatoms. The van der Waals surface area contributed by atoms with Crippen molar-refractivity contribution in [1.29, 1.82) is 0 Å². The van der Waals surface area contributed by atoms with Gasteiger partial charge >= 0.3 is 12.1 Å².